The normalized spacial score (nSPS) is 20.0. The maximum Gasteiger partial charge on any atom is 0.355 e. The number of anilines is 3. The molecule has 73 heavy (non-hydrogen) atoms. The first-order valence-corrected chi connectivity index (χ1v) is 26.6. The zero-order valence-corrected chi connectivity index (χ0v) is 42.4. The summed E-state index contributed by atoms with van der Waals surface area (Å²) in [6.45, 7) is 9.34. The molecular formula is C57H61N9O6S. The highest BCUT2D eigenvalue weighted by molar-refractivity contribution is 7.22. The Morgan fingerprint density at radius 2 is 1.67 bits per heavy atom. The minimum absolute atomic E-state index is 0.0135. The molecule has 6 heterocycles. The molecule has 16 heteroatoms. The number of nitrogens with one attached hydrogen (secondary N) is 2. The van der Waals surface area contributed by atoms with Crippen LogP contribution in [0.15, 0.2) is 91.0 Å². The molecule has 376 valence electrons. The number of hydrogen-bond acceptors (Lipinski definition) is 12. The molecule has 0 spiro atoms. The van der Waals surface area contributed by atoms with Gasteiger partial charge in [0.05, 0.1) is 33.4 Å². The topological polar surface area (TPSA) is 175 Å². The maximum atomic E-state index is 13.6. The summed E-state index contributed by atoms with van der Waals surface area (Å²) in [6.07, 6.45) is 8.36. The van der Waals surface area contributed by atoms with Crippen molar-refractivity contribution < 1.29 is 29.0 Å². The lowest BCUT2D eigenvalue weighted by Crippen LogP contribution is -2.49. The predicted molar refractivity (Wildman–Crippen MR) is 285 cm³/mol. The van der Waals surface area contributed by atoms with E-state index in [2.05, 4.69) is 50.5 Å². The fraction of sp³-hybridized carbons (Fsp3) is 0.386. The van der Waals surface area contributed by atoms with E-state index >= 15 is 0 Å². The van der Waals surface area contributed by atoms with Gasteiger partial charge in [-0.3, -0.25) is 34.6 Å². The fourth-order valence-corrected chi connectivity index (χ4v) is 12.5. The summed E-state index contributed by atoms with van der Waals surface area (Å²) in [5.41, 5.74) is 8.56. The summed E-state index contributed by atoms with van der Waals surface area (Å²) < 4.78 is 9.43. The number of benzene rings is 4. The number of carboxylic acid groups (broad SMARTS) is 1. The highest BCUT2D eigenvalue weighted by Gasteiger charge is 2.33. The second-order valence-electron chi connectivity index (χ2n) is 20.3. The molecule has 3 amide bonds. The lowest BCUT2D eigenvalue weighted by atomic mass is 9.83. The molecule has 4 aromatic carbocycles. The average Bonchev–Trinajstić information content (AvgIpc) is 3.97. The van der Waals surface area contributed by atoms with Crippen molar-refractivity contribution in [2.24, 2.45) is 13.0 Å². The van der Waals surface area contributed by atoms with Crippen molar-refractivity contribution in [3.8, 4) is 16.9 Å². The molecule has 3 aliphatic heterocycles. The van der Waals surface area contributed by atoms with Crippen molar-refractivity contribution in [2.45, 2.75) is 96.2 Å². The van der Waals surface area contributed by atoms with Crippen LogP contribution in [0.25, 0.3) is 32.2 Å². The van der Waals surface area contributed by atoms with E-state index in [4.69, 9.17) is 14.8 Å². The molecule has 1 saturated carbocycles. The van der Waals surface area contributed by atoms with Gasteiger partial charge in [-0.25, -0.2) is 14.8 Å². The molecule has 2 saturated heterocycles. The number of fused-ring (bicyclic) bond motifs is 3. The van der Waals surface area contributed by atoms with E-state index in [0.29, 0.717) is 66.4 Å². The van der Waals surface area contributed by atoms with Crippen molar-refractivity contribution in [3.63, 3.8) is 0 Å². The molecule has 0 radical (unpaired) electrons. The number of rotatable bonds is 13. The van der Waals surface area contributed by atoms with Gasteiger partial charge in [0.25, 0.3) is 5.91 Å². The number of para-hydroxylation sites is 1. The van der Waals surface area contributed by atoms with Crippen molar-refractivity contribution in [3.05, 3.63) is 125 Å². The van der Waals surface area contributed by atoms with Gasteiger partial charge >= 0.3 is 5.97 Å². The minimum atomic E-state index is -1.10. The van der Waals surface area contributed by atoms with Crippen LogP contribution in [0.5, 0.6) is 5.75 Å². The molecule has 15 nitrogen and oxygen atoms in total. The van der Waals surface area contributed by atoms with E-state index in [1.165, 1.54) is 29.9 Å². The number of carboxylic acids is 1. The molecule has 3 N–H and O–H groups in total. The zero-order valence-electron chi connectivity index (χ0n) is 41.6. The number of carbonyl (C=O) groups is 4. The van der Waals surface area contributed by atoms with E-state index in [0.717, 1.165) is 107 Å². The Morgan fingerprint density at radius 1 is 0.863 bits per heavy atom. The Balaban J connectivity index is 0.656. The fourth-order valence-electron chi connectivity index (χ4n) is 11.6. The smallest absolute Gasteiger partial charge is 0.355 e. The molecule has 3 fully saturated rings. The number of pyridine rings is 1. The highest BCUT2D eigenvalue weighted by Crippen LogP contribution is 2.37. The first-order chi connectivity index (χ1) is 35.4. The molecule has 2 unspecified atom stereocenters. The molecular weight excluding hydrogens is 939 g/mol. The molecule has 2 atom stereocenters. The van der Waals surface area contributed by atoms with Gasteiger partial charge in [0.15, 0.2) is 10.8 Å². The number of piperazine rings is 1. The van der Waals surface area contributed by atoms with Crippen LogP contribution in [0, 0.1) is 12.8 Å². The Kier molecular flexibility index (Phi) is 13.4. The highest BCUT2D eigenvalue weighted by atomic mass is 32.1. The summed E-state index contributed by atoms with van der Waals surface area (Å²) in [7, 11) is 1.92. The Morgan fingerprint density at radius 3 is 2.45 bits per heavy atom. The average molecular weight is 1000 g/mol. The first kappa shape index (κ1) is 48.1. The number of ether oxygens (including phenoxy) is 1. The first-order valence-electron chi connectivity index (χ1n) is 25.8. The molecule has 7 aromatic rings. The lowest BCUT2D eigenvalue weighted by Gasteiger charge is -2.39. The van der Waals surface area contributed by atoms with Gasteiger partial charge in [0.1, 0.15) is 11.6 Å². The predicted octanol–water partition coefficient (Wildman–Crippen LogP) is 9.52. The van der Waals surface area contributed by atoms with E-state index < -0.39 is 11.9 Å². The number of thiazole rings is 1. The van der Waals surface area contributed by atoms with Gasteiger partial charge in [0, 0.05) is 81.0 Å². The zero-order chi connectivity index (χ0) is 50.3. The number of nitrogens with zero attached hydrogens (tertiary/aromatic N) is 7. The summed E-state index contributed by atoms with van der Waals surface area (Å²) in [6, 6.07) is 30.2. The van der Waals surface area contributed by atoms with Crippen molar-refractivity contribution in [1.82, 2.24) is 30.0 Å². The summed E-state index contributed by atoms with van der Waals surface area (Å²) in [4.78, 5) is 67.3. The van der Waals surface area contributed by atoms with E-state index in [-0.39, 0.29) is 29.5 Å². The number of aromatic nitrogens is 4. The van der Waals surface area contributed by atoms with E-state index in [1.807, 2.05) is 96.3 Å². The number of hydrogen-bond donors (Lipinski definition) is 3. The second-order valence-corrected chi connectivity index (χ2v) is 21.4. The molecule has 0 bridgehead atoms. The van der Waals surface area contributed by atoms with Gasteiger partial charge in [-0.15, -0.1) is 0 Å². The summed E-state index contributed by atoms with van der Waals surface area (Å²) in [5.74, 6) is -0.175. The largest absolute Gasteiger partial charge is 0.490 e. The number of aryl methyl sites for hydroxylation is 2. The van der Waals surface area contributed by atoms with Gasteiger partial charge < -0.3 is 19.6 Å². The van der Waals surface area contributed by atoms with Crippen molar-refractivity contribution >= 4 is 72.8 Å². The van der Waals surface area contributed by atoms with Crippen molar-refractivity contribution in [1.29, 1.82) is 0 Å². The van der Waals surface area contributed by atoms with E-state index in [1.54, 1.807) is 0 Å². The third-order valence-corrected chi connectivity index (χ3v) is 16.7. The summed E-state index contributed by atoms with van der Waals surface area (Å²) in [5, 5.41) is 22.2. The number of imide groups is 1. The van der Waals surface area contributed by atoms with Gasteiger partial charge in [-0.05, 0) is 154 Å². The minimum Gasteiger partial charge on any atom is -0.490 e. The third-order valence-electron chi connectivity index (χ3n) is 15.8. The molecule has 1 aliphatic carbocycles. The van der Waals surface area contributed by atoms with Crippen LogP contribution >= 0.6 is 11.3 Å². The number of amides is 3. The summed E-state index contributed by atoms with van der Waals surface area (Å²) >= 11 is 1.44. The Hall–Kier alpha value is -7.17. The molecule has 4 aliphatic rings. The Labute approximate surface area is 428 Å². The number of piperidine rings is 1. The van der Waals surface area contributed by atoms with Gasteiger partial charge in [0.2, 0.25) is 11.8 Å². The van der Waals surface area contributed by atoms with E-state index in [9.17, 15) is 24.3 Å². The van der Waals surface area contributed by atoms with Crippen LogP contribution < -0.4 is 25.2 Å². The third kappa shape index (κ3) is 10.0. The number of carbonyl (C=O) groups excluding carboxylic acids is 3. The van der Waals surface area contributed by atoms with Crippen LogP contribution in [0.4, 0.5) is 16.6 Å². The van der Waals surface area contributed by atoms with Crippen LogP contribution in [-0.4, -0.2) is 98.3 Å². The monoisotopic (exact) mass is 999 g/mol. The second kappa shape index (κ2) is 20.4. The maximum absolute atomic E-state index is 13.6. The van der Waals surface area contributed by atoms with Crippen LogP contribution in [-0.2, 0) is 29.6 Å². The SMILES string of the molecule is Cc1cc(OC2CCC(CCC(C)N3CCN(c4ccc5c(C6CCC(=O)NC6=O)nn(C)c5c4)CC3)CC2)ccc1-c1ccc(N2CCc3cccc(C(=O)Nc4nc5ccccc5s4)c3C2)nc1C(=O)O. The Bertz CT molecular complexity index is 3230. The van der Waals surface area contributed by atoms with Crippen LogP contribution in [0.3, 0.4) is 0 Å². The quantitative estimate of drug-likeness (QED) is 0.0935. The van der Waals surface area contributed by atoms with Gasteiger partial charge in [-0.2, -0.15) is 5.10 Å². The standard InChI is InChI=1S/C57H61N9O6S/c1-34-31-40(18-20-41(34)42-21-23-50(59-53(42)56(70)71)66-26-25-37-7-6-8-43(46(37)33-66)54(68)61-57-58-47-9-4-5-10-49(47)73-57)72-39-16-13-36(14-17-39)12-11-35(2)64-27-29-65(30-28-64)38-15-19-44-48(32-38)63(3)62-52(44)45-22-24-51(67)60-55(45)69/h4-10,15,18-21,23,31-32,35-36,39,45H,11-14,16-17,22,24-30,33H2,1-3H3,(H,70,71)(H,58,61,68)(H,60,67,69). The molecule has 11 rings (SSSR count). The van der Waals surface area contributed by atoms with Crippen LogP contribution in [0.1, 0.15) is 107 Å². The lowest BCUT2D eigenvalue weighted by molar-refractivity contribution is -0.134. The van der Waals surface area contributed by atoms with Crippen molar-refractivity contribution in [2.75, 3.05) is 47.8 Å². The van der Waals surface area contributed by atoms with Crippen LogP contribution in [0.2, 0.25) is 0 Å². The molecule has 3 aromatic heterocycles. The number of aromatic carboxylic acids is 1. The van der Waals surface area contributed by atoms with Gasteiger partial charge in [-0.1, -0.05) is 41.7 Å².